The maximum atomic E-state index is 13.3. The monoisotopic (exact) mass is 464 g/mol. The van der Waals surface area contributed by atoms with Gasteiger partial charge in [0, 0.05) is 23.4 Å². The van der Waals surface area contributed by atoms with Crippen molar-refractivity contribution in [3.63, 3.8) is 0 Å². The lowest BCUT2D eigenvalue weighted by molar-refractivity contribution is -0.123. The minimum atomic E-state index is -0.505. The number of carbonyl (C=O) groups excluding carboxylic acids is 2. The molecular weight excluding hydrogens is 439 g/mol. The average Bonchev–Trinajstić information content (AvgIpc) is 3.19. The molecule has 6 heteroatoms. The first-order valence-electron chi connectivity index (χ1n) is 11.1. The summed E-state index contributed by atoms with van der Waals surface area (Å²) in [5.74, 6) is -0.406. The third-order valence-electron chi connectivity index (χ3n) is 6.16. The number of hydrogen-bond acceptors (Lipinski definition) is 2. The zero-order chi connectivity index (χ0) is 23.3. The summed E-state index contributed by atoms with van der Waals surface area (Å²) in [4.78, 5) is 25.1. The summed E-state index contributed by atoms with van der Waals surface area (Å²) < 4.78 is 13.3. The van der Waals surface area contributed by atoms with Crippen LogP contribution in [-0.2, 0) is 16.0 Å². The zero-order valence-corrected chi connectivity index (χ0v) is 18.9. The van der Waals surface area contributed by atoms with Crippen LogP contribution >= 0.6 is 11.6 Å². The predicted octanol–water partition coefficient (Wildman–Crippen LogP) is 5.36. The van der Waals surface area contributed by atoms with Gasteiger partial charge in [0.2, 0.25) is 11.8 Å². The molecule has 1 fully saturated rings. The van der Waals surface area contributed by atoms with Gasteiger partial charge < -0.3 is 10.6 Å². The summed E-state index contributed by atoms with van der Waals surface area (Å²) in [6.45, 7) is 0. The summed E-state index contributed by atoms with van der Waals surface area (Å²) in [6.07, 6.45) is 2.41. The van der Waals surface area contributed by atoms with E-state index in [1.54, 1.807) is 12.1 Å². The first-order chi connectivity index (χ1) is 15.9. The Balaban J connectivity index is 1.47. The third kappa shape index (κ3) is 5.99. The van der Waals surface area contributed by atoms with Gasteiger partial charge in [0.25, 0.3) is 0 Å². The van der Waals surface area contributed by atoms with Crippen molar-refractivity contribution in [3.8, 4) is 0 Å². The molecule has 3 aromatic carbocycles. The molecule has 4 rings (SSSR count). The van der Waals surface area contributed by atoms with E-state index in [0.29, 0.717) is 30.7 Å². The molecule has 4 nitrogen and oxygen atoms in total. The molecule has 0 aromatic heterocycles. The molecule has 3 aromatic rings. The van der Waals surface area contributed by atoms with Crippen molar-refractivity contribution in [2.24, 2.45) is 0 Å². The first kappa shape index (κ1) is 23.0. The minimum Gasteiger partial charge on any atom is -0.350 e. The van der Waals surface area contributed by atoms with E-state index in [4.69, 9.17) is 11.6 Å². The molecule has 1 aliphatic heterocycles. The van der Waals surface area contributed by atoms with Gasteiger partial charge in [-0.3, -0.25) is 9.59 Å². The highest BCUT2D eigenvalue weighted by Crippen LogP contribution is 2.30. The van der Waals surface area contributed by atoms with Gasteiger partial charge >= 0.3 is 0 Å². The summed E-state index contributed by atoms with van der Waals surface area (Å²) in [5, 5.41) is 6.87. The molecular formula is C27H26ClFN2O2. The summed E-state index contributed by atoms with van der Waals surface area (Å²) in [7, 11) is 0. The van der Waals surface area contributed by atoms with Crippen LogP contribution in [0.1, 0.15) is 48.4 Å². The Morgan fingerprint density at radius 1 is 1.00 bits per heavy atom. The van der Waals surface area contributed by atoms with Crippen LogP contribution in [0.25, 0.3) is 0 Å². The van der Waals surface area contributed by atoms with Crippen LogP contribution in [0.4, 0.5) is 4.39 Å². The van der Waals surface area contributed by atoms with Crippen LogP contribution < -0.4 is 10.6 Å². The Hall–Kier alpha value is -3.18. The summed E-state index contributed by atoms with van der Waals surface area (Å²) in [5.41, 5.74) is 2.34. The van der Waals surface area contributed by atoms with Gasteiger partial charge in [0.1, 0.15) is 5.82 Å². The van der Waals surface area contributed by atoms with Gasteiger partial charge in [-0.2, -0.15) is 0 Å². The lowest BCUT2D eigenvalue weighted by Gasteiger charge is -2.30. The van der Waals surface area contributed by atoms with E-state index < -0.39 is 5.54 Å². The van der Waals surface area contributed by atoms with Gasteiger partial charge in [-0.15, -0.1) is 0 Å². The fourth-order valence-electron chi connectivity index (χ4n) is 4.42. The van der Waals surface area contributed by atoms with E-state index in [-0.39, 0.29) is 30.1 Å². The molecule has 0 bridgehead atoms. The molecule has 0 unspecified atom stereocenters. The largest absolute Gasteiger partial charge is 0.350 e. The van der Waals surface area contributed by atoms with Crippen molar-refractivity contribution >= 4 is 23.4 Å². The Morgan fingerprint density at radius 2 is 1.67 bits per heavy atom. The second kappa shape index (κ2) is 10.2. The average molecular weight is 465 g/mol. The quantitative estimate of drug-likeness (QED) is 0.471. The molecule has 0 aliphatic carbocycles. The fourth-order valence-corrected chi connectivity index (χ4v) is 4.55. The number of amides is 2. The van der Waals surface area contributed by atoms with Gasteiger partial charge in [0.15, 0.2) is 0 Å². The lowest BCUT2D eigenvalue weighted by atomic mass is 9.85. The van der Waals surface area contributed by atoms with E-state index in [1.807, 2.05) is 54.6 Å². The summed E-state index contributed by atoms with van der Waals surface area (Å²) >= 11 is 6.05. The van der Waals surface area contributed by atoms with E-state index in [2.05, 4.69) is 10.6 Å². The molecule has 2 atom stereocenters. The molecule has 1 saturated heterocycles. The topological polar surface area (TPSA) is 58.2 Å². The summed E-state index contributed by atoms with van der Waals surface area (Å²) in [6, 6.07) is 23.2. The second-order valence-corrected chi connectivity index (χ2v) is 9.03. The maximum absolute atomic E-state index is 13.3. The smallest absolute Gasteiger partial charge is 0.220 e. The molecule has 1 aliphatic rings. The van der Waals surface area contributed by atoms with E-state index in [9.17, 15) is 14.0 Å². The number of nitrogens with one attached hydrogen (secondary N) is 2. The highest BCUT2D eigenvalue weighted by Gasteiger charge is 2.38. The van der Waals surface area contributed by atoms with Gasteiger partial charge in [-0.25, -0.2) is 4.39 Å². The Labute approximate surface area is 198 Å². The Kier molecular flexibility index (Phi) is 7.09. The van der Waals surface area contributed by atoms with E-state index in [0.717, 1.165) is 16.7 Å². The van der Waals surface area contributed by atoms with Gasteiger partial charge in [-0.1, -0.05) is 66.2 Å². The molecule has 1 heterocycles. The van der Waals surface area contributed by atoms with Crippen LogP contribution in [-0.4, -0.2) is 17.4 Å². The highest BCUT2D eigenvalue weighted by atomic mass is 35.5. The molecule has 2 amide bonds. The molecule has 2 N–H and O–H groups in total. The predicted molar refractivity (Wildman–Crippen MR) is 127 cm³/mol. The number of carbonyl (C=O) groups is 2. The number of rotatable bonds is 8. The van der Waals surface area contributed by atoms with Crippen molar-refractivity contribution in [3.05, 3.63) is 106 Å². The van der Waals surface area contributed by atoms with Crippen molar-refractivity contribution in [2.75, 3.05) is 0 Å². The molecule has 0 radical (unpaired) electrons. The Bertz CT molecular complexity index is 1100. The van der Waals surface area contributed by atoms with Crippen LogP contribution in [0.5, 0.6) is 0 Å². The first-order valence-corrected chi connectivity index (χ1v) is 11.5. The Morgan fingerprint density at radius 3 is 2.30 bits per heavy atom. The number of hydrogen-bond donors (Lipinski definition) is 2. The second-order valence-electron chi connectivity index (χ2n) is 8.59. The SMILES string of the molecule is O=C(CC[C@]1(Cc2ccc(F)cc2)CCC(=O)N1)N[C@H](c1ccccc1)c1ccc(Cl)cc1. The normalized spacial score (nSPS) is 18.5. The van der Waals surface area contributed by atoms with E-state index >= 15 is 0 Å². The third-order valence-corrected chi connectivity index (χ3v) is 6.42. The van der Waals surface area contributed by atoms with Crippen LogP contribution in [0.15, 0.2) is 78.9 Å². The molecule has 0 spiro atoms. The lowest BCUT2D eigenvalue weighted by Crippen LogP contribution is -2.44. The molecule has 0 saturated carbocycles. The van der Waals surface area contributed by atoms with Crippen molar-refractivity contribution in [1.82, 2.24) is 10.6 Å². The zero-order valence-electron chi connectivity index (χ0n) is 18.2. The standard InChI is InChI=1S/C27H26ClFN2O2/c28-22-10-8-21(9-11-22)26(20-4-2-1-3-5-20)30-24(32)14-16-27(17-15-25(33)31-27)18-19-6-12-23(29)13-7-19/h1-13,26H,14-18H2,(H,30,32)(H,31,33)/t26-,27-/m1/s1. The van der Waals surface area contributed by atoms with Crippen molar-refractivity contribution < 1.29 is 14.0 Å². The number of benzene rings is 3. The number of halogens is 2. The van der Waals surface area contributed by atoms with Crippen molar-refractivity contribution in [2.45, 2.75) is 43.7 Å². The van der Waals surface area contributed by atoms with E-state index in [1.165, 1.54) is 12.1 Å². The van der Waals surface area contributed by atoms with Crippen LogP contribution in [0, 0.1) is 5.82 Å². The van der Waals surface area contributed by atoms with Gasteiger partial charge in [0.05, 0.1) is 6.04 Å². The fraction of sp³-hybridized carbons (Fsp3) is 0.259. The highest BCUT2D eigenvalue weighted by molar-refractivity contribution is 6.30. The maximum Gasteiger partial charge on any atom is 0.220 e. The van der Waals surface area contributed by atoms with Gasteiger partial charge in [-0.05, 0) is 60.2 Å². The minimum absolute atomic E-state index is 0.0131. The molecule has 33 heavy (non-hydrogen) atoms. The van der Waals surface area contributed by atoms with Crippen LogP contribution in [0.3, 0.4) is 0 Å². The van der Waals surface area contributed by atoms with Crippen LogP contribution in [0.2, 0.25) is 5.02 Å². The molecule has 170 valence electrons. The van der Waals surface area contributed by atoms with Crippen molar-refractivity contribution in [1.29, 1.82) is 0 Å².